The van der Waals surface area contributed by atoms with E-state index in [1.165, 1.54) is 24.2 Å². The quantitative estimate of drug-likeness (QED) is 0.313. The highest BCUT2D eigenvalue weighted by Gasteiger charge is 2.36. The minimum Gasteiger partial charge on any atom is -0.335 e. The molecule has 2 aromatic carbocycles. The molecule has 6 rings (SSSR count). The van der Waals surface area contributed by atoms with Crippen molar-refractivity contribution in [3.8, 4) is 11.5 Å². The Bertz CT molecular complexity index is 1390. The molecule has 37 heavy (non-hydrogen) atoms. The number of para-hydroxylation sites is 1. The Labute approximate surface area is 222 Å². The van der Waals surface area contributed by atoms with E-state index >= 15 is 0 Å². The van der Waals surface area contributed by atoms with Gasteiger partial charge in [-0.25, -0.2) is 9.48 Å². The monoisotopic (exact) mass is 511 g/mol. The SMILES string of the molecule is CSc1ccc(C2c3cccn3-c3c(c(C)nn3-c3ccccc3)CN2C(=O)NC2CCCCC2)cc1. The van der Waals surface area contributed by atoms with E-state index in [-0.39, 0.29) is 18.1 Å². The van der Waals surface area contributed by atoms with E-state index in [2.05, 4.69) is 70.9 Å². The van der Waals surface area contributed by atoms with Gasteiger partial charge in [0.2, 0.25) is 0 Å². The van der Waals surface area contributed by atoms with Crippen LogP contribution in [0.4, 0.5) is 4.79 Å². The summed E-state index contributed by atoms with van der Waals surface area (Å²) >= 11 is 1.73. The fraction of sp³-hybridized carbons (Fsp3) is 0.333. The number of hydrogen-bond acceptors (Lipinski definition) is 3. The van der Waals surface area contributed by atoms with Crippen LogP contribution in [0.25, 0.3) is 11.5 Å². The number of hydrogen-bond donors (Lipinski definition) is 1. The Morgan fingerprint density at radius 1 is 0.973 bits per heavy atom. The Kier molecular flexibility index (Phi) is 6.55. The summed E-state index contributed by atoms with van der Waals surface area (Å²) in [7, 11) is 0. The number of nitrogens with zero attached hydrogens (tertiary/aromatic N) is 4. The van der Waals surface area contributed by atoms with Gasteiger partial charge in [0, 0.05) is 22.7 Å². The lowest BCUT2D eigenvalue weighted by Crippen LogP contribution is -2.46. The number of amides is 2. The Morgan fingerprint density at radius 2 is 1.73 bits per heavy atom. The summed E-state index contributed by atoms with van der Waals surface area (Å²) in [5, 5.41) is 8.34. The van der Waals surface area contributed by atoms with Crippen LogP contribution in [0, 0.1) is 6.92 Å². The second kappa shape index (κ2) is 10.1. The summed E-state index contributed by atoms with van der Waals surface area (Å²) in [6, 6.07) is 23.1. The van der Waals surface area contributed by atoms with E-state index in [1.807, 2.05) is 34.7 Å². The normalized spacial score (nSPS) is 17.7. The fourth-order valence-corrected chi connectivity index (χ4v) is 6.20. The molecule has 1 aliphatic heterocycles. The van der Waals surface area contributed by atoms with Gasteiger partial charge < -0.3 is 14.8 Å². The van der Waals surface area contributed by atoms with E-state index in [0.29, 0.717) is 6.54 Å². The zero-order valence-electron chi connectivity index (χ0n) is 21.4. The van der Waals surface area contributed by atoms with E-state index in [1.54, 1.807) is 11.8 Å². The second-order valence-electron chi connectivity index (χ2n) is 10.0. The van der Waals surface area contributed by atoms with Crippen molar-refractivity contribution >= 4 is 17.8 Å². The number of benzene rings is 2. The van der Waals surface area contributed by atoms with Crippen LogP contribution in [0.3, 0.4) is 0 Å². The lowest BCUT2D eigenvalue weighted by molar-refractivity contribution is 0.173. The molecule has 4 aromatic rings. The number of carbonyl (C=O) groups excluding carboxylic acids is 1. The molecule has 1 N–H and O–H groups in total. The summed E-state index contributed by atoms with van der Waals surface area (Å²) in [4.78, 5) is 17.3. The molecule has 1 unspecified atom stereocenters. The molecule has 0 radical (unpaired) electrons. The van der Waals surface area contributed by atoms with Crippen molar-refractivity contribution in [1.82, 2.24) is 24.6 Å². The fourth-order valence-electron chi connectivity index (χ4n) is 5.79. The van der Waals surface area contributed by atoms with E-state index in [9.17, 15) is 4.79 Å². The highest BCUT2D eigenvalue weighted by Crippen LogP contribution is 2.39. The van der Waals surface area contributed by atoms with Gasteiger partial charge in [-0.3, -0.25) is 0 Å². The molecule has 6 nitrogen and oxygen atoms in total. The van der Waals surface area contributed by atoms with Crippen molar-refractivity contribution in [3.63, 3.8) is 0 Å². The van der Waals surface area contributed by atoms with Gasteiger partial charge in [-0.05, 0) is 68.0 Å². The standard InChI is InChI=1S/C30H33N5OS/c1-21-26-20-34(30(36)31-23-10-5-3-6-11-23)28(22-15-17-25(37-2)18-16-22)27-14-9-19-33(27)29(26)35(32-21)24-12-7-4-8-13-24/h4,7-9,12-19,23,28H,3,5-6,10-11,20H2,1-2H3,(H,31,36). The van der Waals surface area contributed by atoms with E-state index in [4.69, 9.17) is 5.10 Å². The molecule has 0 spiro atoms. The van der Waals surface area contributed by atoms with Crippen LogP contribution in [0.5, 0.6) is 0 Å². The molecule has 190 valence electrons. The second-order valence-corrected chi connectivity index (χ2v) is 10.9. The predicted molar refractivity (Wildman–Crippen MR) is 149 cm³/mol. The van der Waals surface area contributed by atoms with Crippen molar-refractivity contribution in [2.45, 2.75) is 62.6 Å². The third kappa shape index (κ3) is 4.46. The Morgan fingerprint density at radius 3 is 2.46 bits per heavy atom. The minimum atomic E-state index is -0.217. The summed E-state index contributed by atoms with van der Waals surface area (Å²) < 4.78 is 4.24. The lowest BCUT2D eigenvalue weighted by Gasteiger charge is -2.33. The number of fused-ring (bicyclic) bond motifs is 3. The third-order valence-electron chi connectivity index (χ3n) is 7.71. The third-order valence-corrected chi connectivity index (χ3v) is 8.46. The first-order valence-corrected chi connectivity index (χ1v) is 14.4. The van der Waals surface area contributed by atoms with Gasteiger partial charge in [-0.2, -0.15) is 5.10 Å². The smallest absolute Gasteiger partial charge is 0.318 e. The molecule has 2 aliphatic rings. The predicted octanol–water partition coefficient (Wildman–Crippen LogP) is 6.64. The van der Waals surface area contributed by atoms with Crippen molar-refractivity contribution in [2.24, 2.45) is 0 Å². The molecule has 1 fully saturated rings. The Hall–Kier alpha value is -3.45. The van der Waals surface area contributed by atoms with Crippen LogP contribution in [-0.4, -0.2) is 37.6 Å². The van der Waals surface area contributed by atoms with Gasteiger partial charge >= 0.3 is 6.03 Å². The van der Waals surface area contributed by atoms with Crippen molar-refractivity contribution in [3.05, 3.63) is 95.4 Å². The van der Waals surface area contributed by atoms with Crippen molar-refractivity contribution < 1.29 is 4.79 Å². The topological polar surface area (TPSA) is 55.1 Å². The van der Waals surface area contributed by atoms with Gasteiger partial charge in [-0.1, -0.05) is 49.6 Å². The maximum atomic E-state index is 14.0. The molecule has 2 aromatic heterocycles. The number of nitrogens with one attached hydrogen (secondary N) is 1. The van der Waals surface area contributed by atoms with Crippen LogP contribution < -0.4 is 5.32 Å². The maximum Gasteiger partial charge on any atom is 0.318 e. The molecule has 0 saturated heterocycles. The zero-order valence-corrected chi connectivity index (χ0v) is 22.2. The first-order chi connectivity index (χ1) is 18.1. The number of thioether (sulfide) groups is 1. The molecule has 7 heteroatoms. The summed E-state index contributed by atoms with van der Waals surface area (Å²) in [6.45, 7) is 2.54. The largest absolute Gasteiger partial charge is 0.335 e. The highest BCUT2D eigenvalue weighted by atomic mass is 32.2. The Balaban J connectivity index is 1.50. The van der Waals surface area contributed by atoms with Crippen LogP contribution in [-0.2, 0) is 6.54 Å². The first kappa shape index (κ1) is 23.9. The van der Waals surface area contributed by atoms with Gasteiger partial charge in [0.15, 0.2) is 0 Å². The number of aromatic nitrogens is 3. The average molecular weight is 512 g/mol. The number of rotatable bonds is 4. The molecular formula is C30H33N5OS. The molecule has 0 bridgehead atoms. The van der Waals surface area contributed by atoms with Crippen molar-refractivity contribution in [1.29, 1.82) is 0 Å². The van der Waals surface area contributed by atoms with E-state index < -0.39 is 0 Å². The highest BCUT2D eigenvalue weighted by molar-refractivity contribution is 7.98. The zero-order chi connectivity index (χ0) is 25.4. The maximum absolute atomic E-state index is 14.0. The lowest BCUT2D eigenvalue weighted by atomic mass is 9.95. The molecule has 2 amide bonds. The number of urea groups is 1. The molecular weight excluding hydrogens is 478 g/mol. The average Bonchev–Trinajstić information content (AvgIpc) is 3.50. The summed E-state index contributed by atoms with van der Waals surface area (Å²) in [6.07, 6.45) is 9.92. The van der Waals surface area contributed by atoms with E-state index in [0.717, 1.165) is 46.9 Å². The molecule has 1 saturated carbocycles. The molecule has 1 aliphatic carbocycles. The van der Waals surface area contributed by atoms with Gasteiger partial charge in [0.25, 0.3) is 0 Å². The van der Waals surface area contributed by atoms with Crippen LogP contribution >= 0.6 is 11.8 Å². The first-order valence-electron chi connectivity index (χ1n) is 13.2. The van der Waals surface area contributed by atoms with Crippen LogP contribution in [0.2, 0.25) is 0 Å². The molecule has 3 heterocycles. The number of carbonyl (C=O) groups is 1. The minimum absolute atomic E-state index is 0.00157. The van der Waals surface area contributed by atoms with Gasteiger partial charge in [0.05, 0.1) is 29.7 Å². The molecule has 1 atom stereocenters. The summed E-state index contributed by atoms with van der Waals surface area (Å²) in [5.41, 5.74) is 5.19. The van der Waals surface area contributed by atoms with Gasteiger partial charge in [-0.15, -0.1) is 11.8 Å². The van der Waals surface area contributed by atoms with Gasteiger partial charge in [0.1, 0.15) is 5.82 Å². The van der Waals surface area contributed by atoms with Crippen LogP contribution in [0.15, 0.2) is 77.8 Å². The van der Waals surface area contributed by atoms with Crippen LogP contribution in [0.1, 0.15) is 60.7 Å². The number of aryl methyl sites for hydroxylation is 1. The van der Waals surface area contributed by atoms with Crippen molar-refractivity contribution in [2.75, 3.05) is 6.26 Å². The summed E-state index contributed by atoms with van der Waals surface area (Å²) in [5.74, 6) is 1.00.